The molecule has 2 rings (SSSR count). The van der Waals surface area contributed by atoms with Gasteiger partial charge in [0.05, 0.1) is 6.26 Å². The SMILES string of the molecule is Cc1ccc(CN[C@H](C)CCc2ccco2)c(C)c1. The number of furan rings is 1. The minimum absolute atomic E-state index is 0.491. The van der Waals surface area contributed by atoms with Gasteiger partial charge in [-0.1, -0.05) is 23.8 Å². The summed E-state index contributed by atoms with van der Waals surface area (Å²) in [6, 6.07) is 11.1. The minimum atomic E-state index is 0.491. The quantitative estimate of drug-likeness (QED) is 0.846. The fraction of sp³-hybridized carbons (Fsp3) is 0.412. The summed E-state index contributed by atoms with van der Waals surface area (Å²) < 4.78 is 5.35. The van der Waals surface area contributed by atoms with E-state index in [0.717, 1.165) is 25.1 Å². The Morgan fingerprint density at radius 3 is 2.74 bits per heavy atom. The van der Waals surface area contributed by atoms with E-state index in [2.05, 4.69) is 44.3 Å². The number of hydrogen-bond acceptors (Lipinski definition) is 2. The molecule has 0 amide bonds. The van der Waals surface area contributed by atoms with Crippen molar-refractivity contribution >= 4 is 0 Å². The van der Waals surface area contributed by atoms with Gasteiger partial charge in [-0.15, -0.1) is 0 Å². The van der Waals surface area contributed by atoms with E-state index in [9.17, 15) is 0 Å². The monoisotopic (exact) mass is 257 g/mol. The average molecular weight is 257 g/mol. The predicted octanol–water partition coefficient (Wildman–Crippen LogP) is 4.01. The molecule has 0 bridgehead atoms. The fourth-order valence-corrected chi connectivity index (χ4v) is 2.24. The Balaban J connectivity index is 1.78. The number of hydrogen-bond donors (Lipinski definition) is 1. The third-order valence-electron chi connectivity index (χ3n) is 3.54. The summed E-state index contributed by atoms with van der Waals surface area (Å²) in [7, 11) is 0. The van der Waals surface area contributed by atoms with Crippen molar-refractivity contribution in [3.63, 3.8) is 0 Å². The van der Waals surface area contributed by atoms with E-state index >= 15 is 0 Å². The van der Waals surface area contributed by atoms with E-state index in [4.69, 9.17) is 4.42 Å². The molecule has 1 N–H and O–H groups in total. The third kappa shape index (κ3) is 4.25. The van der Waals surface area contributed by atoms with Crippen LogP contribution < -0.4 is 5.32 Å². The van der Waals surface area contributed by atoms with Crippen LogP contribution in [0.15, 0.2) is 41.0 Å². The lowest BCUT2D eigenvalue weighted by molar-refractivity contribution is 0.459. The summed E-state index contributed by atoms with van der Waals surface area (Å²) in [6.07, 6.45) is 3.83. The van der Waals surface area contributed by atoms with Gasteiger partial charge in [-0.3, -0.25) is 0 Å². The maximum absolute atomic E-state index is 5.35. The molecule has 2 heteroatoms. The van der Waals surface area contributed by atoms with Gasteiger partial charge < -0.3 is 9.73 Å². The standard InChI is InChI=1S/C17H23NO/c1-13-6-8-16(14(2)11-13)12-18-15(3)7-9-17-5-4-10-19-17/h4-6,8,10-11,15,18H,7,9,12H2,1-3H3/t15-/m1/s1. The van der Waals surface area contributed by atoms with Crippen LogP contribution in [0.5, 0.6) is 0 Å². The Bertz CT molecular complexity index is 502. The van der Waals surface area contributed by atoms with E-state index in [1.54, 1.807) is 6.26 Å². The van der Waals surface area contributed by atoms with E-state index in [0.29, 0.717) is 6.04 Å². The first-order chi connectivity index (χ1) is 9.15. The zero-order valence-corrected chi connectivity index (χ0v) is 12.1. The summed E-state index contributed by atoms with van der Waals surface area (Å²) in [5.74, 6) is 1.07. The van der Waals surface area contributed by atoms with Crippen LogP contribution in [0.3, 0.4) is 0 Å². The Kier molecular flexibility index (Phi) is 4.80. The second-order valence-corrected chi connectivity index (χ2v) is 5.33. The molecule has 0 unspecified atom stereocenters. The summed E-state index contributed by atoms with van der Waals surface area (Å²) in [5.41, 5.74) is 4.08. The van der Waals surface area contributed by atoms with Gasteiger partial charge in [0, 0.05) is 19.0 Å². The van der Waals surface area contributed by atoms with Crippen molar-refractivity contribution in [2.75, 3.05) is 0 Å². The fourth-order valence-electron chi connectivity index (χ4n) is 2.24. The van der Waals surface area contributed by atoms with Gasteiger partial charge in [0.2, 0.25) is 0 Å². The summed E-state index contributed by atoms with van der Waals surface area (Å²) >= 11 is 0. The Morgan fingerprint density at radius 2 is 2.05 bits per heavy atom. The van der Waals surface area contributed by atoms with Crippen LogP contribution in [-0.4, -0.2) is 6.04 Å². The van der Waals surface area contributed by atoms with Crippen molar-refractivity contribution in [3.05, 3.63) is 59.0 Å². The smallest absolute Gasteiger partial charge is 0.103 e. The lowest BCUT2D eigenvalue weighted by Crippen LogP contribution is -2.26. The van der Waals surface area contributed by atoms with Crippen molar-refractivity contribution < 1.29 is 4.42 Å². The highest BCUT2D eigenvalue weighted by Gasteiger charge is 2.05. The lowest BCUT2D eigenvalue weighted by atomic mass is 10.1. The van der Waals surface area contributed by atoms with Crippen molar-refractivity contribution in [3.8, 4) is 0 Å². The maximum Gasteiger partial charge on any atom is 0.103 e. The zero-order chi connectivity index (χ0) is 13.7. The number of benzene rings is 1. The Hall–Kier alpha value is -1.54. The van der Waals surface area contributed by atoms with E-state index in [1.807, 2.05) is 12.1 Å². The van der Waals surface area contributed by atoms with Crippen LogP contribution in [0.1, 0.15) is 35.8 Å². The highest BCUT2D eigenvalue weighted by molar-refractivity contribution is 5.30. The number of rotatable bonds is 6. The molecule has 1 aromatic carbocycles. The molecule has 19 heavy (non-hydrogen) atoms. The molecule has 0 saturated carbocycles. The molecular formula is C17H23NO. The van der Waals surface area contributed by atoms with E-state index < -0.39 is 0 Å². The summed E-state index contributed by atoms with van der Waals surface area (Å²) in [5, 5.41) is 3.58. The molecule has 0 aliphatic heterocycles. The first kappa shape index (κ1) is 13.9. The third-order valence-corrected chi connectivity index (χ3v) is 3.54. The molecule has 0 radical (unpaired) electrons. The molecule has 1 atom stereocenters. The summed E-state index contributed by atoms with van der Waals surface area (Å²) in [6.45, 7) is 7.48. The lowest BCUT2D eigenvalue weighted by Gasteiger charge is -2.14. The van der Waals surface area contributed by atoms with Gasteiger partial charge in [-0.05, 0) is 50.5 Å². The highest BCUT2D eigenvalue weighted by Crippen LogP contribution is 2.11. The number of nitrogens with one attached hydrogen (secondary N) is 1. The largest absolute Gasteiger partial charge is 0.469 e. The normalized spacial score (nSPS) is 12.6. The van der Waals surface area contributed by atoms with Crippen LogP contribution in [-0.2, 0) is 13.0 Å². The Labute approximate surface area is 115 Å². The Morgan fingerprint density at radius 1 is 1.21 bits per heavy atom. The van der Waals surface area contributed by atoms with Gasteiger partial charge in [0.15, 0.2) is 0 Å². The highest BCUT2D eigenvalue weighted by atomic mass is 16.3. The molecule has 1 aromatic heterocycles. The topological polar surface area (TPSA) is 25.2 Å². The van der Waals surface area contributed by atoms with Gasteiger partial charge in [0.25, 0.3) is 0 Å². The second kappa shape index (κ2) is 6.58. The first-order valence-corrected chi connectivity index (χ1v) is 6.97. The van der Waals surface area contributed by atoms with Crippen molar-refractivity contribution in [1.29, 1.82) is 0 Å². The number of aryl methyl sites for hydroxylation is 3. The molecule has 0 aliphatic carbocycles. The minimum Gasteiger partial charge on any atom is -0.469 e. The van der Waals surface area contributed by atoms with Gasteiger partial charge in [-0.2, -0.15) is 0 Å². The second-order valence-electron chi connectivity index (χ2n) is 5.33. The molecule has 2 nitrogen and oxygen atoms in total. The van der Waals surface area contributed by atoms with Crippen LogP contribution in [0, 0.1) is 13.8 Å². The van der Waals surface area contributed by atoms with Crippen LogP contribution >= 0.6 is 0 Å². The van der Waals surface area contributed by atoms with Gasteiger partial charge >= 0.3 is 0 Å². The van der Waals surface area contributed by atoms with Crippen molar-refractivity contribution in [2.45, 2.75) is 46.2 Å². The van der Waals surface area contributed by atoms with E-state index in [1.165, 1.54) is 16.7 Å². The van der Waals surface area contributed by atoms with Gasteiger partial charge in [0.1, 0.15) is 5.76 Å². The maximum atomic E-state index is 5.35. The molecule has 102 valence electrons. The van der Waals surface area contributed by atoms with Crippen molar-refractivity contribution in [1.82, 2.24) is 5.32 Å². The van der Waals surface area contributed by atoms with Gasteiger partial charge in [-0.25, -0.2) is 0 Å². The zero-order valence-electron chi connectivity index (χ0n) is 12.1. The summed E-state index contributed by atoms with van der Waals surface area (Å²) in [4.78, 5) is 0. The molecule has 2 aromatic rings. The molecule has 1 heterocycles. The predicted molar refractivity (Wildman–Crippen MR) is 79.2 cm³/mol. The molecule has 0 saturated heterocycles. The van der Waals surface area contributed by atoms with Crippen LogP contribution in [0.2, 0.25) is 0 Å². The van der Waals surface area contributed by atoms with Crippen LogP contribution in [0.25, 0.3) is 0 Å². The molecule has 0 aliphatic rings. The van der Waals surface area contributed by atoms with E-state index in [-0.39, 0.29) is 0 Å². The molecule has 0 fully saturated rings. The van der Waals surface area contributed by atoms with Crippen molar-refractivity contribution in [2.24, 2.45) is 0 Å². The first-order valence-electron chi connectivity index (χ1n) is 6.97. The average Bonchev–Trinajstić information content (AvgIpc) is 2.88. The van der Waals surface area contributed by atoms with Crippen LogP contribution in [0.4, 0.5) is 0 Å². The molecule has 0 spiro atoms. The molecular weight excluding hydrogens is 234 g/mol.